The second kappa shape index (κ2) is 5.40. The van der Waals surface area contributed by atoms with Crippen LogP contribution in [0.25, 0.3) is 0 Å². The lowest BCUT2D eigenvalue weighted by atomic mass is 10.1. The predicted octanol–water partition coefficient (Wildman–Crippen LogP) is 1.88. The van der Waals surface area contributed by atoms with Crippen molar-refractivity contribution in [1.29, 1.82) is 0 Å². The van der Waals surface area contributed by atoms with Gasteiger partial charge in [-0.3, -0.25) is 0 Å². The molecule has 0 bridgehead atoms. The van der Waals surface area contributed by atoms with Crippen LogP contribution in [0.5, 0.6) is 0 Å². The van der Waals surface area contributed by atoms with Crippen LogP contribution in [0.4, 0.5) is 0 Å². The van der Waals surface area contributed by atoms with E-state index in [9.17, 15) is 0 Å². The monoisotopic (exact) mass is 184 g/mol. The molecule has 0 aliphatic rings. The number of nitrogens with one attached hydrogen (secondary N) is 1. The summed E-state index contributed by atoms with van der Waals surface area (Å²) in [5.74, 6) is 0. The molecular formula is C11H24N2. The van der Waals surface area contributed by atoms with E-state index in [0.29, 0.717) is 0 Å². The highest BCUT2D eigenvalue weighted by Crippen LogP contribution is 2.00. The standard InChI is InChI=1S/C11H24N2/c1-7-13(6)9-10(2)8-12-11(3,4)5/h12H,2,7-9H2,1,3-6H3. The molecule has 0 aromatic heterocycles. The highest BCUT2D eigenvalue weighted by molar-refractivity contribution is 5.00. The van der Waals surface area contributed by atoms with Gasteiger partial charge in [0.2, 0.25) is 0 Å². The molecule has 0 heterocycles. The first kappa shape index (κ1) is 12.7. The van der Waals surface area contributed by atoms with Crippen LogP contribution >= 0.6 is 0 Å². The molecule has 13 heavy (non-hydrogen) atoms. The lowest BCUT2D eigenvalue weighted by molar-refractivity contribution is 0.370. The molecule has 2 heteroatoms. The fourth-order valence-corrected chi connectivity index (χ4v) is 0.940. The van der Waals surface area contributed by atoms with Crippen molar-refractivity contribution in [2.75, 3.05) is 26.7 Å². The molecule has 0 spiro atoms. The van der Waals surface area contributed by atoms with Gasteiger partial charge in [0.1, 0.15) is 0 Å². The van der Waals surface area contributed by atoms with E-state index in [1.165, 1.54) is 5.57 Å². The Kier molecular flexibility index (Phi) is 5.26. The Bertz CT molecular complexity index is 156. The maximum absolute atomic E-state index is 4.04. The summed E-state index contributed by atoms with van der Waals surface area (Å²) in [6.45, 7) is 15.7. The van der Waals surface area contributed by atoms with Gasteiger partial charge >= 0.3 is 0 Å². The second-order valence-corrected chi connectivity index (χ2v) is 4.68. The van der Waals surface area contributed by atoms with Crippen LogP contribution in [-0.2, 0) is 0 Å². The number of hydrogen-bond donors (Lipinski definition) is 1. The molecule has 0 saturated carbocycles. The third-order valence-electron chi connectivity index (χ3n) is 1.90. The van der Waals surface area contributed by atoms with Crippen molar-refractivity contribution in [3.63, 3.8) is 0 Å². The fraction of sp³-hybridized carbons (Fsp3) is 0.818. The molecule has 0 aliphatic carbocycles. The lowest BCUT2D eigenvalue weighted by Crippen LogP contribution is -2.38. The fourth-order valence-electron chi connectivity index (χ4n) is 0.940. The molecular weight excluding hydrogens is 160 g/mol. The van der Waals surface area contributed by atoms with Gasteiger partial charge in [-0.25, -0.2) is 0 Å². The molecule has 0 radical (unpaired) electrons. The quantitative estimate of drug-likeness (QED) is 0.656. The molecule has 0 rings (SSSR count). The Morgan fingerprint density at radius 1 is 1.38 bits per heavy atom. The summed E-state index contributed by atoms with van der Waals surface area (Å²) in [7, 11) is 2.11. The molecule has 0 aromatic rings. The predicted molar refractivity (Wildman–Crippen MR) is 60.1 cm³/mol. The summed E-state index contributed by atoms with van der Waals surface area (Å²) in [5, 5.41) is 3.42. The van der Waals surface area contributed by atoms with Crippen LogP contribution in [0, 0.1) is 0 Å². The molecule has 2 nitrogen and oxygen atoms in total. The summed E-state index contributed by atoms with van der Waals surface area (Å²) in [4.78, 5) is 2.26. The molecule has 78 valence electrons. The topological polar surface area (TPSA) is 15.3 Å². The van der Waals surface area contributed by atoms with E-state index >= 15 is 0 Å². The number of hydrogen-bond acceptors (Lipinski definition) is 2. The molecule has 0 unspecified atom stereocenters. The number of rotatable bonds is 5. The summed E-state index contributed by atoms with van der Waals surface area (Å²) in [6.07, 6.45) is 0. The summed E-state index contributed by atoms with van der Waals surface area (Å²) < 4.78 is 0. The summed E-state index contributed by atoms with van der Waals surface area (Å²) >= 11 is 0. The van der Waals surface area contributed by atoms with Crippen molar-refractivity contribution in [2.45, 2.75) is 33.2 Å². The summed E-state index contributed by atoms with van der Waals surface area (Å²) in [5.41, 5.74) is 1.44. The molecule has 0 aromatic carbocycles. The minimum atomic E-state index is 0.188. The highest BCUT2D eigenvalue weighted by Gasteiger charge is 2.08. The van der Waals surface area contributed by atoms with E-state index in [0.717, 1.165) is 19.6 Å². The molecule has 0 amide bonds. The largest absolute Gasteiger partial charge is 0.308 e. The average molecular weight is 184 g/mol. The zero-order valence-corrected chi connectivity index (χ0v) is 9.78. The van der Waals surface area contributed by atoms with Crippen LogP contribution in [0.15, 0.2) is 12.2 Å². The zero-order chi connectivity index (χ0) is 10.5. The summed E-state index contributed by atoms with van der Waals surface area (Å²) in [6, 6.07) is 0. The van der Waals surface area contributed by atoms with Crippen molar-refractivity contribution in [3.05, 3.63) is 12.2 Å². The Morgan fingerprint density at radius 2 is 1.92 bits per heavy atom. The first-order valence-corrected chi connectivity index (χ1v) is 4.95. The van der Waals surface area contributed by atoms with Crippen molar-refractivity contribution in [2.24, 2.45) is 0 Å². The van der Waals surface area contributed by atoms with Gasteiger partial charge in [0.25, 0.3) is 0 Å². The van der Waals surface area contributed by atoms with E-state index < -0.39 is 0 Å². The van der Waals surface area contributed by atoms with Gasteiger partial charge in [0.15, 0.2) is 0 Å². The van der Waals surface area contributed by atoms with Gasteiger partial charge in [-0.1, -0.05) is 13.5 Å². The molecule has 0 aliphatic heterocycles. The zero-order valence-electron chi connectivity index (χ0n) is 9.78. The van der Waals surface area contributed by atoms with Gasteiger partial charge in [0, 0.05) is 18.6 Å². The van der Waals surface area contributed by atoms with Gasteiger partial charge < -0.3 is 10.2 Å². The normalized spacial score (nSPS) is 12.2. The van der Waals surface area contributed by atoms with Crippen molar-refractivity contribution >= 4 is 0 Å². The Morgan fingerprint density at radius 3 is 2.31 bits per heavy atom. The minimum Gasteiger partial charge on any atom is -0.308 e. The third kappa shape index (κ3) is 8.00. The van der Waals surface area contributed by atoms with Crippen molar-refractivity contribution in [3.8, 4) is 0 Å². The van der Waals surface area contributed by atoms with Gasteiger partial charge in [-0.05, 0) is 39.9 Å². The van der Waals surface area contributed by atoms with Crippen molar-refractivity contribution < 1.29 is 0 Å². The average Bonchev–Trinajstić information content (AvgIpc) is 1.99. The molecule has 0 fully saturated rings. The Balaban J connectivity index is 3.64. The van der Waals surface area contributed by atoms with E-state index in [1.54, 1.807) is 0 Å². The van der Waals surface area contributed by atoms with E-state index in [2.05, 4.69) is 51.5 Å². The number of likely N-dealkylation sites (N-methyl/N-ethyl adjacent to an activating group) is 1. The third-order valence-corrected chi connectivity index (χ3v) is 1.90. The Labute approximate surface area is 83.0 Å². The SMILES string of the molecule is C=C(CNC(C)(C)C)CN(C)CC. The second-order valence-electron chi connectivity index (χ2n) is 4.68. The number of nitrogens with zero attached hydrogens (tertiary/aromatic N) is 1. The Hall–Kier alpha value is -0.340. The van der Waals surface area contributed by atoms with Crippen LogP contribution in [-0.4, -0.2) is 37.1 Å². The smallest absolute Gasteiger partial charge is 0.0199 e. The first-order chi connectivity index (χ1) is 5.85. The lowest BCUT2D eigenvalue weighted by Gasteiger charge is -2.23. The van der Waals surface area contributed by atoms with E-state index in [1.807, 2.05) is 0 Å². The van der Waals surface area contributed by atoms with E-state index in [4.69, 9.17) is 0 Å². The van der Waals surface area contributed by atoms with Crippen LogP contribution in [0.1, 0.15) is 27.7 Å². The first-order valence-electron chi connectivity index (χ1n) is 4.95. The molecule has 1 N–H and O–H groups in total. The maximum Gasteiger partial charge on any atom is 0.0199 e. The van der Waals surface area contributed by atoms with Gasteiger partial charge in [-0.2, -0.15) is 0 Å². The maximum atomic E-state index is 4.04. The van der Waals surface area contributed by atoms with Gasteiger partial charge in [-0.15, -0.1) is 0 Å². The molecule has 0 saturated heterocycles. The highest BCUT2D eigenvalue weighted by atomic mass is 15.1. The van der Waals surface area contributed by atoms with Crippen LogP contribution in [0.2, 0.25) is 0 Å². The van der Waals surface area contributed by atoms with Gasteiger partial charge in [0.05, 0.1) is 0 Å². The van der Waals surface area contributed by atoms with E-state index in [-0.39, 0.29) is 5.54 Å². The minimum absolute atomic E-state index is 0.188. The van der Waals surface area contributed by atoms with Crippen LogP contribution in [0.3, 0.4) is 0 Å². The molecule has 0 atom stereocenters. The van der Waals surface area contributed by atoms with Crippen molar-refractivity contribution in [1.82, 2.24) is 10.2 Å². The van der Waals surface area contributed by atoms with Crippen LogP contribution < -0.4 is 5.32 Å².